The van der Waals surface area contributed by atoms with Crippen molar-refractivity contribution in [2.45, 2.75) is 39.3 Å². The van der Waals surface area contributed by atoms with Gasteiger partial charge in [0.15, 0.2) is 0 Å². The van der Waals surface area contributed by atoms with Crippen LogP contribution in [0.15, 0.2) is 54.6 Å². The molecular weight excluding hydrogens is 346 g/mol. The molecule has 0 spiro atoms. The SMILES string of the molecule is CCN1CCN(Cc2ccccc2CNC(=O)C[C@H](C)c2ccccc2)CC1. The van der Waals surface area contributed by atoms with E-state index in [1.807, 2.05) is 18.2 Å². The highest BCUT2D eigenvalue weighted by Gasteiger charge is 2.17. The van der Waals surface area contributed by atoms with Crippen molar-refractivity contribution >= 4 is 5.91 Å². The number of benzene rings is 2. The van der Waals surface area contributed by atoms with Crippen LogP contribution in [0.3, 0.4) is 0 Å². The third-order valence-electron chi connectivity index (χ3n) is 5.76. The molecule has 0 unspecified atom stereocenters. The lowest BCUT2D eigenvalue weighted by atomic mass is 9.97. The Labute approximate surface area is 169 Å². The standard InChI is InChI=1S/C24H33N3O/c1-3-26-13-15-27(16-14-26)19-23-12-8-7-11-22(23)18-25-24(28)17-20(2)21-9-5-4-6-10-21/h4-12,20H,3,13-19H2,1-2H3,(H,25,28)/t20-/m0/s1. The normalized spacial score (nSPS) is 16.6. The number of likely N-dealkylation sites (N-methyl/N-ethyl adjacent to an activating group) is 1. The first-order chi connectivity index (χ1) is 13.7. The lowest BCUT2D eigenvalue weighted by Gasteiger charge is -2.34. The molecule has 0 saturated carbocycles. The van der Waals surface area contributed by atoms with Crippen molar-refractivity contribution in [1.29, 1.82) is 0 Å². The van der Waals surface area contributed by atoms with Crippen molar-refractivity contribution in [3.05, 3.63) is 71.3 Å². The molecule has 0 radical (unpaired) electrons. The largest absolute Gasteiger partial charge is 0.352 e. The maximum atomic E-state index is 12.4. The summed E-state index contributed by atoms with van der Waals surface area (Å²) in [7, 11) is 0. The molecule has 1 aliphatic heterocycles. The summed E-state index contributed by atoms with van der Waals surface area (Å²) in [6.45, 7) is 11.6. The number of piperazine rings is 1. The number of amides is 1. The highest BCUT2D eigenvalue weighted by Crippen LogP contribution is 2.18. The molecule has 4 nitrogen and oxygen atoms in total. The Bertz CT molecular complexity index is 739. The maximum Gasteiger partial charge on any atom is 0.220 e. The molecular formula is C24H33N3O. The minimum atomic E-state index is 0.114. The second-order valence-electron chi connectivity index (χ2n) is 7.77. The van der Waals surface area contributed by atoms with Gasteiger partial charge >= 0.3 is 0 Å². The molecule has 1 saturated heterocycles. The summed E-state index contributed by atoms with van der Waals surface area (Å²) in [6.07, 6.45) is 0.519. The first-order valence-electron chi connectivity index (χ1n) is 10.5. The van der Waals surface area contributed by atoms with Gasteiger partial charge in [0.25, 0.3) is 0 Å². The van der Waals surface area contributed by atoms with Crippen molar-refractivity contribution < 1.29 is 4.79 Å². The summed E-state index contributed by atoms with van der Waals surface area (Å²) in [4.78, 5) is 17.5. The van der Waals surface area contributed by atoms with Crippen LogP contribution in [-0.4, -0.2) is 48.4 Å². The first kappa shape index (κ1) is 20.6. The zero-order chi connectivity index (χ0) is 19.8. The minimum Gasteiger partial charge on any atom is -0.352 e. The number of carbonyl (C=O) groups is 1. The Morgan fingerprint density at radius 3 is 2.21 bits per heavy atom. The summed E-state index contributed by atoms with van der Waals surface area (Å²) in [5.74, 6) is 0.342. The van der Waals surface area contributed by atoms with E-state index >= 15 is 0 Å². The first-order valence-corrected chi connectivity index (χ1v) is 10.5. The van der Waals surface area contributed by atoms with Crippen molar-refractivity contribution in [1.82, 2.24) is 15.1 Å². The molecule has 1 N–H and O–H groups in total. The monoisotopic (exact) mass is 379 g/mol. The van der Waals surface area contributed by atoms with E-state index in [0.717, 1.165) is 39.3 Å². The van der Waals surface area contributed by atoms with Gasteiger partial charge in [-0.1, -0.05) is 68.4 Å². The molecule has 1 heterocycles. The van der Waals surface area contributed by atoms with Crippen LogP contribution in [0.1, 0.15) is 42.9 Å². The molecule has 28 heavy (non-hydrogen) atoms. The smallest absolute Gasteiger partial charge is 0.220 e. The predicted molar refractivity (Wildman–Crippen MR) is 115 cm³/mol. The molecule has 1 amide bonds. The Morgan fingerprint density at radius 1 is 0.929 bits per heavy atom. The van der Waals surface area contributed by atoms with Crippen LogP contribution in [0.25, 0.3) is 0 Å². The Morgan fingerprint density at radius 2 is 1.54 bits per heavy atom. The fourth-order valence-corrected chi connectivity index (χ4v) is 3.83. The summed E-state index contributed by atoms with van der Waals surface area (Å²) >= 11 is 0. The fourth-order valence-electron chi connectivity index (χ4n) is 3.83. The van der Waals surface area contributed by atoms with E-state index in [1.54, 1.807) is 0 Å². The van der Waals surface area contributed by atoms with Gasteiger partial charge in [0.2, 0.25) is 5.91 Å². The highest BCUT2D eigenvalue weighted by atomic mass is 16.1. The van der Waals surface area contributed by atoms with Crippen LogP contribution < -0.4 is 5.32 Å². The van der Waals surface area contributed by atoms with Crippen molar-refractivity contribution in [2.24, 2.45) is 0 Å². The summed E-state index contributed by atoms with van der Waals surface area (Å²) in [6, 6.07) is 18.7. The number of nitrogens with zero attached hydrogens (tertiary/aromatic N) is 2. The van der Waals surface area contributed by atoms with E-state index < -0.39 is 0 Å². The van der Waals surface area contributed by atoms with E-state index in [-0.39, 0.29) is 11.8 Å². The van der Waals surface area contributed by atoms with Gasteiger partial charge in [-0.05, 0) is 29.2 Å². The zero-order valence-electron chi connectivity index (χ0n) is 17.2. The predicted octanol–water partition coefficient (Wildman–Crippen LogP) is 3.63. The molecule has 0 aliphatic carbocycles. The average Bonchev–Trinajstić information content (AvgIpc) is 2.74. The highest BCUT2D eigenvalue weighted by molar-refractivity contribution is 5.76. The van der Waals surface area contributed by atoms with E-state index in [1.165, 1.54) is 16.7 Å². The third-order valence-corrected chi connectivity index (χ3v) is 5.76. The molecule has 4 heteroatoms. The number of nitrogens with one attached hydrogen (secondary N) is 1. The lowest BCUT2D eigenvalue weighted by molar-refractivity contribution is -0.121. The molecule has 150 valence electrons. The van der Waals surface area contributed by atoms with Gasteiger partial charge in [-0.25, -0.2) is 0 Å². The van der Waals surface area contributed by atoms with Crippen LogP contribution in [0.5, 0.6) is 0 Å². The Balaban J connectivity index is 1.51. The number of hydrogen-bond donors (Lipinski definition) is 1. The Kier molecular flexibility index (Phi) is 7.63. The van der Waals surface area contributed by atoms with Crippen molar-refractivity contribution in [3.8, 4) is 0 Å². The van der Waals surface area contributed by atoms with Crippen molar-refractivity contribution in [3.63, 3.8) is 0 Å². The zero-order valence-corrected chi connectivity index (χ0v) is 17.2. The van der Waals surface area contributed by atoms with Crippen LogP contribution in [-0.2, 0) is 17.9 Å². The molecule has 2 aromatic rings. The van der Waals surface area contributed by atoms with Crippen LogP contribution in [0, 0.1) is 0 Å². The van der Waals surface area contributed by atoms with E-state index in [4.69, 9.17) is 0 Å². The number of carbonyl (C=O) groups excluding carboxylic acids is 1. The number of hydrogen-bond acceptors (Lipinski definition) is 3. The topological polar surface area (TPSA) is 35.6 Å². The van der Waals surface area contributed by atoms with Gasteiger partial charge in [0, 0.05) is 45.7 Å². The van der Waals surface area contributed by atoms with Gasteiger partial charge in [-0.3, -0.25) is 9.69 Å². The molecule has 1 atom stereocenters. The summed E-state index contributed by atoms with van der Waals surface area (Å²) in [5.41, 5.74) is 3.76. The fraction of sp³-hybridized carbons (Fsp3) is 0.458. The lowest BCUT2D eigenvalue weighted by Crippen LogP contribution is -2.45. The molecule has 3 rings (SSSR count). The molecule has 0 aromatic heterocycles. The van der Waals surface area contributed by atoms with Gasteiger partial charge in [0.05, 0.1) is 0 Å². The third kappa shape index (κ3) is 5.91. The number of rotatable bonds is 8. The van der Waals surface area contributed by atoms with E-state index in [9.17, 15) is 4.79 Å². The Hall–Kier alpha value is -2.17. The van der Waals surface area contributed by atoms with Crippen molar-refractivity contribution in [2.75, 3.05) is 32.7 Å². The van der Waals surface area contributed by atoms with Gasteiger partial charge in [-0.15, -0.1) is 0 Å². The van der Waals surface area contributed by atoms with E-state index in [0.29, 0.717) is 13.0 Å². The summed E-state index contributed by atoms with van der Waals surface area (Å²) in [5, 5.41) is 3.13. The van der Waals surface area contributed by atoms with Crippen LogP contribution in [0.4, 0.5) is 0 Å². The van der Waals surface area contributed by atoms with E-state index in [2.05, 4.69) is 65.4 Å². The van der Waals surface area contributed by atoms with Crippen LogP contribution >= 0.6 is 0 Å². The summed E-state index contributed by atoms with van der Waals surface area (Å²) < 4.78 is 0. The van der Waals surface area contributed by atoms with Crippen LogP contribution in [0.2, 0.25) is 0 Å². The second-order valence-corrected chi connectivity index (χ2v) is 7.77. The quantitative estimate of drug-likeness (QED) is 0.761. The van der Waals surface area contributed by atoms with Gasteiger partial charge in [-0.2, -0.15) is 0 Å². The maximum absolute atomic E-state index is 12.4. The van der Waals surface area contributed by atoms with Gasteiger partial charge in [0.1, 0.15) is 0 Å². The van der Waals surface area contributed by atoms with Gasteiger partial charge < -0.3 is 10.2 Å². The molecule has 2 aromatic carbocycles. The molecule has 1 aliphatic rings. The molecule has 1 fully saturated rings. The minimum absolute atomic E-state index is 0.114. The average molecular weight is 380 g/mol. The second kappa shape index (κ2) is 10.4. The molecule has 0 bridgehead atoms.